The first kappa shape index (κ1) is 14.6. The molecule has 0 spiro atoms. The molecule has 0 bridgehead atoms. The lowest BCUT2D eigenvalue weighted by Gasteiger charge is -2.29. The smallest absolute Gasteiger partial charge is 0.223 e. The fraction of sp³-hybridized carbons (Fsp3) is 0.765. The molecule has 21 heavy (non-hydrogen) atoms. The Morgan fingerprint density at radius 1 is 1.24 bits per heavy atom. The standard InChI is InChI=1S/C17H27N3O/c1-13-12-19-16(20(13)15-8-5-9-15)10-11-18-17(21)14-6-3-2-4-7-14/h12,14-15H,2-11H2,1H3,(H,18,21). The van der Waals surface area contributed by atoms with Crippen molar-refractivity contribution in [1.29, 1.82) is 0 Å². The fourth-order valence-corrected chi connectivity index (χ4v) is 3.63. The van der Waals surface area contributed by atoms with Crippen molar-refractivity contribution >= 4 is 5.91 Å². The summed E-state index contributed by atoms with van der Waals surface area (Å²) in [5.41, 5.74) is 1.26. The zero-order chi connectivity index (χ0) is 14.7. The monoisotopic (exact) mass is 289 g/mol. The summed E-state index contributed by atoms with van der Waals surface area (Å²) in [6.45, 7) is 2.86. The molecule has 3 rings (SSSR count). The molecule has 4 heteroatoms. The van der Waals surface area contributed by atoms with Gasteiger partial charge in [0.05, 0.1) is 0 Å². The van der Waals surface area contributed by atoms with Gasteiger partial charge in [-0.1, -0.05) is 19.3 Å². The van der Waals surface area contributed by atoms with Gasteiger partial charge in [0.25, 0.3) is 0 Å². The number of aromatic nitrogens is 2. The van der Waals surface area contributed by atoms with E-state index in [1.807, 2.05) is 6.20 Å². The van der Waals surface area contributed by atoms with E-state index < -0.39 is 0 Å². The van der Waals surface area contributed by atoms with Crippen molar-refractivity contribution in [2.45, 2.75) is 70.8 Å². The Kier molecular flexibility index (Phi) is 4.61. The summed E-state index contributed by atoms with van der Waals surface area (Å²) in [5.74, 6) is 1.65. The van der Waals surface area contributed by atoms with Crippen LogP contribution in [0.15, 0.2) is 6.20 Å². The summed E-state index contributed by atoms with van der Waals surface area (Å²) in [7, 11) is 0. The Hall–Kier alpha value is -1.32. The van der Waals surface area contributed by atoms with Gasteiger partial charge in [0.1, 0.15) is 5.82 Å². The van der Waals surface area contributed by atoms with Crippen molar-refractivity contribution in [2.75, 3.05) is 6.54 Å². The molecule has 2 aliphatic carbocycles. The van der Waals surface area contributed by atoms with Crippen molar-refractivity contribution in [2.24, 2.45) is 5.92 Å². The van der Waals surface area contributed by atoms with E-state index in [0.29, 0.717) is 6.04 Å². The van der Waals surface area contributed by atoms with Crippen LogP contribution in [0.2, 0.25) is 0 Å². The topological polar surface area (TPSA) is 46.9 Å². The fourth-order valence-electron chi connectivity index (χ4n) is 3.63. The van der Waals surface area contributed by atoms with Gasteiger partial charge in [-0.25, -0.2) is 4.98 Å². The van der Waals surface area contributed by atoms with E-state index in [1.54, 1.807) is 0 Å². The van der Waals surface area contributed by atoms with Crippen LogP contribution < -0.4 is 5.32 Å². The molecule has 1 aromatic heterocycles. The van der Waals surface area contributed by atoms with Gasteiger partial charge in [-0.2, -0.15) is 0 Å². The van der Waals surface area contributed by atoms with E-state index in [1.165, 1.54) is 44.2 Å². The minimum Gasteiger partial charge on any atom is -0.355 e. The van der Waals surface area contributed by atoms with Gasteiger partial charge >= 0.3 is 0 Å². The molecule has 0 aromatic carbocycles. The number of carbonyl (C=O) groups is 1. The number of hydrogen-bond donors (Lipinski definition) is 1. The molecule has 116 valence electrons. The van der Waals surface area contributed by atoms with Gasteiger partial charge in [-0.15, -0.1) is 0 Å². The molecule has 1 amide bonds. The predicted octanol–water partition coefficient (Wildman–Crippen LogP) is 3.16. The Labute approximate surface area is 127 Å². The van der Waals surface area contributed by atoms with Gasteiger partial charge < -0.3 is 9.88 Å². The lowest BCUT2D eigenvalue weighted by Crippen LogP contribution is -2.34. The molecule has 1 heterocycles. The molecule has 0 aliphatic heterocycles. The number of amides is 1. The van der Waals surface area contributed by atoms with Crippen LogP contribution in [-0.2, 0) is 11.2 Å². The minimum atomic E-state index is 0.256. The van der Waals surface area contributed by atoms with Gasteiger partial charge in [0.2, 0.25) is 5.91 Å². The molecule has 2 saturated carbocycles. The first-order chi connectivity index (χ1) is 10.3. The highest BCUT2D eigenvalue weighted by Gasteiger charge is 2.24. The normalized spacial score (nSPS) is 20.2. The number of hydrogen-bond acceptors (Lipinski definition) is 2. The lowest BCUT2D eigenvalue weighted by atomic mass is 9.89. The second-order valence-corrected chi connectivity index (χ2v) is 6.65. The number of imidazole rings is 1. The van der Waals surface area contributed by atoms with Crippen LogP contribution >= 0.6 is 0 Å². The summed E-state index contributed by atoms with van der Waals surface area (Å²) < 4.78 is 2.39. The van der Waals surface area contributed by atoms with E-state index in [4.69, 9.17) is 0 Å². The number of rotatable bonds is 5. The van der Waals surface area contributed by atoms with Crippen LogP contribution in [0.3, 0.4) is 0 Å². The van der Waals surface area contributed by atoms with Gasteiger partial charge in [-0.05, 0) is 39.0 Å². The van der Waals surface area contributed by atoms with E-state index in [0.717, 1.165) is 31.6 Å². The molecular weight excluding hydrogens is 262 g/mol. The average Bonchev–Trinajstić information content (AvgIpc) is 2.80. The molecule has 1 N–H and O–H groups in total. The second kappa shape index (κ2) is 6.63. The van der Waals surface area contributed by atoms with Gasteiger partial charge in [0.15, 0.2) is 0 Å². The molecule has 0 saturated heterocycles. The summed E-state index contributed by atoms with van der Waals surface area (Å²) >= 11 is 0. The Balaban J connectivity index is 1.50. The summed E-state index contributed by atoms with van der Waals surface area (Å²) in [6.07, 6.45) is 12.6. The molecule has 0 radical (unpaired) electrons. The number of aryl methyl sites for hydroxylation is 1. The minimum absolute atomic E-state index is 0.256. The number of carbonyl (C=O) groups excluding carboxylic acids is 1. The van der Waals surface area contributed by atoms with Crippen molar-refractivity contribution in [3.63, 3.8) is 0 Å². The number of nitrogens with zero attached hydrogens (tertiary/aromatic N) is 2. The maximum atomic E-state index is 12.1. The Morgan fingerprint density at radius 2 is 2.00 bits per heavy atom. The Morgan fingerprint density at radius 3 is 2.67 bits per heavy atom. The van der Waals surface area contributed by atoms with Crippen LogP contribution in [0.4, 0.5) is 0 Å². The first-order valence-corrected chi connectivity index (χ1v) is 8.56. The van der Waals surface area contributed by atoms with E-state index in [9.17, 15) is 4.79 Å². The van der Waals surface area contributed by atoms with Crippen LogP contribution in [0.5, 0.6) is 0 Å². The molecule has 0 atom stereocenters. The molecule has 0 unspecified atom stereocenters. The molecule has 2 fully saturated rings. The summed E-state index contributed by atoms with van der Waals surface area (Å²) in [4.78, 5) is 16.7. The van der Waals surface area contributed by atoms with E-state index in [-0.39, 0.29) is 11.8 Å². The zero-order valence-electron chi connectivity index (χ0n) is 13.1. The van der Waals surface area contributed by atoms with Crippen LogP contribution in [-0.4, -0.2) is 22.0 Å². The van der Waals surface area contributed by atoms with Crippen LogP contribution in [0, 0.1) is 12.8 Å². The SMILES string of the molecule is Cc1cnc(CCNC(=O)C2CCCCC2)n1C1CCC1. The molecular formula is C17H27N3O. The third-order valence-corrected chi connectivity index (χ3v) is 5.12. The maximum absolute atomic E-state index is 12.1. The highest BCUT2D eigenvalue weighted by atomic mass is 16.1. The molecule has 2 aliphatic rings. The van der Waals surface area contributed by atoms with E-state index in [2.05, 4.69) is 21.8 Å². The lowest BCUT2D eigenvalue weighted by molar-refractivity contribution is -0.125. The largest absolute Gasteiger partial charge is 0.355 e. The van der Waals surface area contributed by atoms with Crippen LogP contribution in [0.25, 0.3) is 0 Å². The van der Waals surface area contributed by atoms with E-state index >= 15 is 0 Å². The van der Waals surface area contributed by atoms with Crippen LogP contribution in [0.1, 0.15) is 68.9 Å². The third-order valence-electron chi connectivity index (χ3n) is 5.12. The number of nitrogens with one attached hydrogen (secondary N) is 1. The van der Waals surface area contributed by atoms with Crippen molar-refractivity contribution in [1.82, 2.24) is 14.9 Å². The summed E-state index contributed by atoms with van der Waals surface area (Å²) in [5, 5.41) is 3.12. The first-order valence-electron chi connectivity index (χ1n) is 8.56. The van der Waals surface area contributed by atoms with Gasteiger partial charge in [-0.3, -0.25) is 4.79 Å². The predicted molar refractivity (Wildman–Crippen MR) is 83.1 cm³/mol. The zero-order valence-corrected chi connectivity index (χ0v) is 13.1. The third kappa shape index (κ3) is 3.30. The average molecular weight is 289 g/mol. The van der Waals surface area contributed by atoms with Crippen molar-refractivity contribution in [3.8, 4) is 0 Å². The Bertz CT molecular complexity index is 484. The van der Waals surface area contributed by atoms with Crippen molar-refractivity contribution < 1.29 is 4.79 Å². The molecule has 1 aromatic rings. The highest BCUT2D eigenvalue weighted by molar-refractivity contribution is 5.78. The van der Waals surface area contributed by atoms with Gasteiger partial charge in [0, 0.05) is 36.8 Å². The summed E-state index contributed by atoms with van der Waals surface area (Å²) in [6, 6.07) is 0.650. The quantitative estimate of drug-likeness (QED) is 0.905. The second-order valence-electron chi connectivity index (χ2n) is 6.65. The molecule has 4 nitrogen and oxygen atoms in total. The van der Waals surface area contributed by atoms with Crippen molar-refractivity contribution in [3.05, 3.63) is 17.7 Å². The maximum Gasteiger partial charge on any atom is 0.223 e. The highest BCUT2D eigenvalue weighted by Crippen LogP contribution is 2.33.